The molecule has 0 amide bonds. The molecule has 0 spiro atoms. The topological polar surface area (TPSA) is 67.8 Å². The van der Waals surface area contributed by atoms with E-state index in [0.29, 0.717) is 24.9 Å². The maximum Gasteiger partial charge on any atom is 0.218 e. The Bertz CT molecular complexity index is 709. The molecule has 2 rings (SSSR count). The van der Waals surface area contributed by atoms with Gasteiger partial charge in [-0.1, -0.05) is 24.3 Å². The zero-order chi connectivity index (χ0) is 18.1. The number of hydrogen-bond acceptors (Lipinski definition) is 4. The first kappa shape index (κ1) is 22.0. The smallest absolute Gasteiger partial charge is 0.218 e. The van der Waals surface area contributed by atoms with Crippen LogP contribution in [0.25, 0.3) is 0 Å². The van der Waals surface area contributed by atoms with Gasteiger partial charge in [-0.05, 0) is 31.5 Å². The number of methoxy groups -OCH3 is 1. The highest BCUT2D eigenvalue weighted by molar-refractivity contribution is 14.0. The molecule has 0 aliphatic heterocycles. The van der Waals surface area contributed by atoms with Crippen LogP contribution in [0.1, 0.15) is 18.1 Å². The Morgan fingerprint density at radius 3 is 2.65 bits per heavy atom. The largest absolute Gasteiger partial charge is 0.489 e. The fraction of sp³-hybridized carbons (Fsp3) is 0.368. The summed E-state index contributed by atoms with van der Waals surface area (Å²) >= 11 is 0. The van der Waals surface area contributed by atoms with E-state index >= 15 is 0 Å². The summed E-state index contributed by atoms with van der Waals surface area (Å²) in [6.07, 6.45) is 1.72. The van der Waals surface area contributed by atoms with E-state index in [1.54, 1.807) is 20.4 Å². The molecule has 142 valence electrons. The molecule has 26 heavy (non-hydrogen) atoms. The average molecular weight is 470 g/mol. The third-order valence-electron chi connectivity index (χ3n) is 3.69. The molecule has 0 aliphatic carbocycles. The van der Waals surface area contributed by atoms with Crippen molar-refractivity contribution in [1.29, 1.82) is 0 Å². The second-order valence-electron chi connectivity index (χ2n) is 5.67. The fourth-order valence-corrected chi connectivity index (χ4v) is 2.33. The second kappa shape index (κ2) is 11.6. The van der Waals surface area contributed by atoms with Crippen molar-refractivity contribution in [3.05, 3.63) is 53.7 Å². The van der Waals surface area contributed by atoms with Crippen LogP contribution in [0.3, 0.4) is 0 Å². The summed E-state index contributed by atoms with van der Waals surface area (Å²) in [7, 11) is 3.35. The number of hydrogen-bond donors (Lipinski definition) is 2. The number of nitrogens with zero attached hydrogens (tertiary/aromatic N) is 2. The minimum absolute atomic E-state index is 0. The third kappa shape index (κ3) is 6.70. The lowest BCUT2D eigenvalue weighted by molar-refractivity contribution is 0.222. The molecule has 0 saturated heterocycles. The molecule has 0 bridgehead atoms. The molecule has 6 nitrogen and oxygen atoms in total. The summed E-state index contributed by atoms with van der Waals surface area (Å²) < 4.78 is 11.2. The van der Waals surface area contributed by atoms with E-state index in [1.807, 2.05) is 50.2 Å². The molecule has 7 heteroatoms. The van der Waals surface area contributed by atoms with E-state index in [1.165, 1.54) is 0 Å². The number of guanidine groups is 1. The van der Waals surface area contributed by atoms with Crippen LogP contribution >= 0.6 is 24.0 Å². The van der Waals surface area contributed by atoms with Crippen molar-refractivity contribution in [2.75, 3.05) is 20.7 Å². The molecule has 2 N–H and O–H groups in total. The number of rotatable bonds is 7. The van der Waals surface area contributed by atoms with Crippen LogP contribution in [0.5, 0.6) is 11.6 Å². The molecule has 2 aromatic rings. The lowest BCUT2D eigenvalue weighted by atomic mass is 10.2. The van der Waals surface area contributed by atoms with Crippen molar-refractivity contribution in [3.8, 4) is 11.6 Å². The monoisotopic (exact) mass is 470 g/mol. The highest BCUT2D eigenvalue weighted by Gasteiger charge is 2.08. The van der Waals surface area contributed by atoms with Gasteiger partial charge in [0.25, 0.3) is 0 Å². The molecule has 1 atom stereocenters. The number of aromatic nitrogens is 1. The van der Waals surface area contributed by atoms with Gasteiger partial charge < -0.3 is 20.1 Å². The van der Waals surface area contributed by atoms with E-state index in [-0.39, 0.29) is 30.1 Å². The normalized spacial score (nSPS) is 11.9. The predicted molar refractivity (Wildman–Crippen MR) is 116 cm³/mol. The Morgan fingerprint density at radius 2 is 1.96 bits per heavy atom. The van der Waals surface area contributed by atoms with Crippen molar-refractivity contribution in [3.63, 3.8) is 0 Å². The zero-order valence-electron chi connectivity index (χ0n) is 15.7. The third-order valence-corrected chi connectivity index (χ3v) is 3.69. The zero-order valence-corrected chi connectivity index (χ0v) is 18.0. The Morgan fingerprint density at radius 1 is 1.19 bits per heavy atom. The van der Waals surface area contributed by atoms with Crippen LogP contribution in [-0.2, 0) is 6.54 Å². The van der Waals surface area contributed by atoms with Gasteiger partial charge in [-0.2, -0.15) is 0 Å². The van der Waals surface area contributed by atoms with Crippen molar-refractivity contribution >= 4 is 29.9 Å². The van der Waals surface area contributed by atoms with Gasteiger partial charge in [-0.25, -0.2) is 4.98 Å². The second-order valence-corrected chi connectivity index (χ2v) is 5.67. The van der Waals surface area contributed by atoms with Gasteiger partial charge in [0.05, 0.1) is 13.7 Å². The Labute approximate surface area is 172 Å². The first-order valence-electron chi connectivity index (χ1n) is 8.28. The maximum absolute atomic E-state index is 5.96. The number of para-hydroxylation sites is 1. The molecule has 1 unspecified atom stereocenters. The molecule has 1 aromatic carbocycles. The van der Waals surface area contributed by atoms with Gasteiger partial charge in [-0.3, -0.25) is 4.99 Å². The van der Waals surface area contributed by atoms with E-state index < -0.39 is 0 Å². The van der Waals surface area contributed by atoms with Crippen molar-refractivity contribution in [2.45, 2.75) is 26.5 Å². The lowest BCUT2D eigenvalue weighted by Crippen LogP contribution is -2.41. The van der Waals surface area contributed by atoms with Crippen LogP contribution in [0.2, 0.25) is 0 Å². The van der Waals surface area contributed by atoms with Crippen molar-refractivity contribution < 1.29 is 9.47 Å². The molecular weight excluding hydrogens is 443 g/mol. The Hall–Kier alpha value is -2.03. The molecule has 0 radical (unpaired) electrons. The van der Waals surface area contributed by atoms with Gasteiger partial charge in [-0.15, -0.1) is 24.0 Å². The van der Waals surface area contributed by atoms with Crippen molar-refractivity contribution in [1.82, 2.24) is 15.6 Å². The number of aryl methyl sites for hydroxylation is 1. The summed E-state index contributed by atoms with van der Waals surface area (Å²) in [5.41, 5.74) is 2.10. The number of ether oxygens (including phenoxy) is 2. The number of aliphatic imine (C=N–C) groups is 1. The summed E-state index contributed by atoms with van der Waals surface area (Å²) in [5, 5.41) is 6.52. The van der Waals surface area contributed by atoms with Gasteiger partial charge in [0, 0.05) is 25.4 Å². The quantitative estimate of drug-likeness (QED) is 0.370. The Kier molecular flexibility index (Phi) is 9.79. The predicted octanol–water partition coefficient (Wildman–Crippen LogP) is 3.15. The first-order valence-corrected chi connectivity index (χ1v) is 8.28. The average Bonchev–Trinajstić information content (AvgIpc) is 2.64. The van der Waals surface area contributed by atoms with Gasteiger partial charge in [0.1, 0.15) is 11.9 Å². The van der Waals surface area contributed by atoms with Crippen LogP contribution < -0.4 is 20.1 Å². The highest BCUT2D eigenvalue weighted by atomic mass is 127. The summed E-state index contributed by atoms with van der Waals surface area (Å²) in [4.78, 5) is 8.42. The maximum atomic E-state index is 5.96. The molecule has 0 fully saturated rings. The fourth-order valence-electron chi connectivity index (χ4n) is 2.33. The van der Waals surface area contributed by atoms with E-state index in [4.69, 9.17) is 9.47 Å². The van der Waals surface area contributed by atoms with Gasteiger partial charge in [0.2, 0.25) is 5.88 Å². The molecule has 0 saturated carbocycles. The van der Waals surface area contributed by atoms with Crippen molar-refractivity contribution in [2.24, 2.45) is 4.99 Å². The minimum Gasteiger partial charge on any atom is -0.489 e. The first-order chi connectivity index (χ1) is 12.1. The molecule has 0 aliphatic rings. The number of nitrogens with one attached hydrogen (secondary N) is 2. The van der Waals surface area contributed by atoms with Gasteiger partial charge in [0.15, 0.2) is 5.96 Å². The van der Waals surface area contributed by atoms with E-state index in [0.717, 1.165) is 16.9 Å². The summed E-state index contributed by atoms with van der Waals surface area (Å²) in [6, 6.07) is 11.8. The van der Waals surface area contributed by atoms with Crippen LogP contribution in [0.15, 0.2) is 47.6 Å². The highest BCUT2D eigenvalue weighted by Crippen LogP contribution is 2.17. The number of pyridine rings is 1. The molecular formula is C19H27IN4O2. The van der Waals surface area contributed by atoms with Crippen LogP contribution in [0, 0.1) is 6.92 Å². The number of halogens is 1. The number of benzene rings is 1. The molecule has 1 heterocycles. The molecule has 1 aromatic heterocycles. The van der Waals surface area contributed by atoms with E-state index in [9.17, 15) is 0 Å². The standard InChI is InChI=1S/C19H26N4O2.HI/c1-14-8-5-6-10-17(14)25-15(2)12-22-19(20-3)23-13-16-9-7-11-21-18(16)24-4;/h5-11,15H,12-13H2,1-4H3,(H2,20,22,23);1H. The SMILES string of the molecule is CN=C(NCc1cccnc1OC)NCC(C)Oc1ccccc1C.I. The Balaban J connectivity index is 0.00000338. The summed E-state index contributed by atoms with van der Waals surface area (Å²) in [5.74, 6) is 2.22. The van der Waals surface area contributed by atoms with Crippen LogP contribution in [0.4, 0.5) is 0 Å². The van der Waals surface area contributed by atoms with Crippen LogP contribution in [-0.4, -0.2) is 37.7 Å². The minimum atomic E-state index is 0. The van der Waals surface area contributed by atoms with Gasteiger partial charge >= 0.3 is 0 Å². The van der Waals surface area contributed by atoms with E-state index in [2.05, 4.69) is 20.6 Å². The summed E-state index contributed by atoms with van der Waals surface area (Å²) in [6.45, 7) is 5.27. The lowest BCUT2D eigenvalue weighted by Gasteiger charge is -2.19.